The molecule has 150 valence electrons. The number of methoxy groups -OCH3 is 1. The first kappa shape index (κ1) is 20.0. The molecule has 3 rings (SSSR count). The summed E-state index contributed by atoms with van der Waals surface area (Å²) in [7, 11) is 5.17. The molecule has 0 atom stereocenters. The van der Waals surface area contributed by atoms with Crippen LogP contribution in [0.5, 0.6) is 5.75 Å². The summed E-state index contributed by atoms with van der Waals surface area (Å²) in [6.45, 7) is 5.81. The van der Waals surface area contributed by atoms with Gasteiger partial charge in [0, 0.05) is 20.6 Å². The van der Waals surface area contributed by atoms with Crippen LogP contribution in [0, 0.1) is 0 Å². The number of anilines is 2. The van der Waals surface area contributed by atoms with E-state index in [9.17, 15) is 4.79 Å². The molecule has 28 heavy (non-hydrogen) atoms. The molecule has 2 aromatic rings. The Morgan fingerprint density at radius 2 is 2.11 bits per heavy atom. The number of carbonyl (C=O) groups is 1. The monoisotopic (exact) mass is 404 g/mol. The fourth-order valence-corrected chi connectivity index (χ4v) is 3.36. The number of nitrogens with two attached hydrogens (primary N) is 1. The normalized spacial score (nSPS) is 13.8. The van der Waals surface area contributed by atoms with Crippen molar-refractivity contribution in [2.75, 3.05) is 37.5 Å². The van der Waals surface area contributed by atoms with Gasteiger partial charge in [-0.15, -0.1) is 0 Å². The first-order valence-corrected chi connectivity index (χ1v) is 9.34. The van der Waals surface area contributed by atoms with Crippen molar-refractivity contribution < 1.29 is 9.53 Å². The average Bonchev–Trinajstić information content (AvgIpc) is 3.01. The van der Waals surface area contributed by atoms with Crippen LogP contribution in [0.1, 0.15) is 17.7 Å². The van der Waals surface area contributed by atoms with E-state index in [1.165, 1.54) is 4.90 Å². The van der Waals surface area contributed by atoms with E-state index in [0.717, 1.165) is 17.7 Å². The number of benzene rings is 1. The van der Waals surface area contributed by atoms with Crippen molar-refractivity contribution in [3.8, 4) is 5.75 Å². The predicted octanol–water partition coefficient (Wildman–Crippen LogP) is 2.89. The molecule has 0 bridgehead atoms. The molecule has 0 radical (unpaired) electrons. The highest BCUT2D eigenvalue weighted by molar-refractivity contribution is 6.32. The van der Waals surface area contributed by atoms with Crippen LogP contribution in [0.25, 0.3) is 5.70 Å². The van der Waals surface area contributed by atoms with E-state index in [2.05, 4.69) is 16.9 Å². The van der Waals surface area contributed by atoms with Gasteiger partial charge in [0.1, 0.15) is 11.4 Å². The smallest absolute Gasteiger partial charge is 0.330 e. The zero-order chi connectivity index (χ0) is 20.4. The number of nitrogens with one attached hydrogen (secondary N) is 1. The van der Waals surface area contributed by atoms with Crippen LogP contribution in [-0.4, -0.2) is 47.7 Å². The number of halogens is 1. The maximum Gasteiger partial charge on any atom is 0.330 e. The number of nitrogens with zero attached hydrogens (tertiary/aromatic N) is 4. The molecule has 2 amide bonds. The summed E-state index contributed by atoms with van der Waals surface area (Å²) in [5, 5.41) is 3.78. The summed E-state index contributed by atoms with van der Waals surface area (Å²) >= 11 is 6.10. The number of imidazole rings is 1. The van der Waals surface area contributed by atoms with Gasteiger partial charge in [-0.25, -0.2) is 4.79 Å². The molecule has 3 N–H and O–H groups in total. The number of carbonyl (C=O) groups excluding carboxylic acids is 1. The summed E-state index contributed by atoms with van der Waals surface area (Å²) in [5.41, 5.74) is 7.82. The third-order valence-corrected chi connectivity index (χ3v) is 5.04. The van der Waals surface area contributed by atoms with Crippen molar-refractivity contribution in [2.45, 2.75) is 13.0 Å². The van der Waals surface area contributed by atoms with Gasteiger partial charge in [-0.1, -0.05) is 24.2 Å². The van der Waals surface area contributed by atoms with Gasteiger partial charge in [0.25, 0.3) is 0 Å². The lowest BCUT2D eigenvalue weighted by molar-refractivity contribution is 0.222. The Bertz CT molecular complexity index is 910. The molecule has 9 heteroatoms. The first-order chi connectivity index (χ1) is 13.4. The van der Waals surface area contributed by atoms with Gasteiger partial charge in [-0.2, -0.15) is 4.98 Å². The Morgan fingerprint density at radius 3 is 2.79 bits per heavy atom. The lowest BCUT2D eigenvalue weighted by Crippen LogP contribution is -2.44. The molecular weight excluding hydrogens is 380 g/mol. The van der Waals surface area contributed by atoms with E-state index in [1.807, 2.05) is 23.7 Å². The van der Waals surface area contributed by atoms with Crippen LogP contribution in [0.15, 0.2) is 24.8 Å². The van der Waals surface area contributed by atoms with Crippen molar-refractivity contribution in [3.63, 3.8) is 0 Å². The van der Waals surface area contributed by atoms with E-state index in [4.69, 9.17) is 22.1 Å². The number of rotatable bonds is 7. The Kier molecular flexibility index (Phi) is 5.81. The summed E-state index contributed by atoms with van der Waals surface area (Å²) in [6.07, 6.45) is 0.831. The second-order valence-corrected chi connectivity index (χ2v) is 6.99. The topological polar surface area (TPSA) is 88.7 Å². The van der Waals surface area contributed by atoms with E-state index in [-0.39, 0.29) is 6.03 Å². The highest BCUT2D eigenvalue weighted by Crippen LogP contribution is 2.37. The number of fused-ring (bicyclic) bond motifs is 1. The van der Waals surface area contributed by atoms with Crippen molar-refractivity contribution in [3.05, 3.63) is 41.1 Å². The molecule has 1 aromatic carbocycles. The van der Waals surface area contributed by atoms with Crippen molar-refractivity contribution in [2.24, 2.45) is 12.8 Å². The fraction of sp³-hybridized carbons (Fsp3) is 0.368. The zero-order valence-corrected chi connectivity index (χ0v) is 17.1. The van der Waals surface area contributed by atoms with E-state index >= 15 is 0 Å². The lowest BCUT2D eigenvalue weighted by Gasteiger charge is -2.34. The van der Waals surface area contributed by atoms with E-state index in [0.29, 0.717) is 47.9 Å². The highest BCUT2D eigenvalue weighted by Gasteiger charge is 2.35. The quantitative estimate of drug-likeness (QED) is 0.692. The molecule has 2 heterocycles. The number of hydrogen-bond donors (Lipinski definition) is 2. The van der Waals surface area contributed by atoms with Crippen LogP contribution in [-0.2, 0) is 13.6 Å². The van der Waals surface area contributed by atoms with Gasteiger partial charge in [0.15, 0.2) is 5.82 Å². The van der Waals surface area contributed by atoms with Gasteiger partial charge in [-0.05, 0) is 30.7 Å². The first-order valence-electron chi connectivity index (χ1n) is 8.96. The number of hydrogen-bond acceptors (Lipinski definition) is 5. The molecule has 1 aromatic heterocycles. The Balaban J connectivity index is 1.90. The van der Waals surface area contributed by atoms with Gasteiger partial charge in [0.05, 0.1) is 24.4 Å². The van der Waals surface area contributed by atoms with E-state index < -0.39 is 0 Å². The van der Waals surface area contributed by atoms with Gasteiger partial charge in [0.2, 0.25) is 5.95 Å². The van der Waals surface area contributed by atoms with E-state index in [1.54, 1.807) is 25.1 Å². The Hall–Kier alpha value is -2.71. The third-order valence-electron chi connectivity index (χ3n) is 4.73. The molecule has 0 saturated carbocycles. The third kappa shape index (κ3) is 3.53. The Morgan fingerprint density at radius 1 is 1.36 bits per heavy atom. The van der Waals surface area contributed by atoms with Crippen molar-refractivity contribution in [1.29, 1.82) is 0 Å². The average molecular weight is 405 g/mol. The fourth-order valence-electron chi connectivity index (χ4n) is 3.16. The summed E-state index contributed by atoms with van der Waals surface area (Å²) < 4.78 is 7.18. The molecule has 1 aliphatic rings. The van der Waals surface area contributed by atoms with Crippen LogP contribution >= 0.6 is 11.6 Å². The number of ether oxygens (including phenoxy) is 1. The second-order valence-electron chi connectivity index (χ2n) is 6.58. The van der Waals surface area contributed by atoms with Crippen molar-refractivity contribution in [1.82, 2.24) is 14.5 Å². The maximum atomic E-state index is 13.0. The number of urea groups is 1. The lowest BCUT2D eigenvalue weighted by atomic mass is 10.1. The van der Waals surface area contributed by atoms with Crippen LogP contribution < -0.4 is 20.7 Å². The minimum Gasteiger partial charge on any atom is -0.495 e. The van der Waals surface area contributed by atoms with Gasteiger partial charge < -0.3 is 20.4 Å². The minimum atomic E-state index is -0.196. The van der Waals surface area contributed by atoms with Crippen molar-refractivity contribution >= 4 is 35.1 Å². The minimum absolute atomic E-state index is 0.196. The largest absolute Gasteiger partial charge is 0.495 e. The molecule has 1 aliphatic heterocycles. The molecule has 0 aliphatic carbocycles. The van der Waals surface area contributed by atoms with Gasteiger partial charge in [-0.3, -0.25) is 9.80 Å². The van der Waals surface area contributed by atoms with Crippen LogP contribution in [0.3, 0.4) is 0 Å². The number of amides is 2. The molecule has 8 nitrogen and oxygen atoms in total. The maximum absolute atomic E-state index is 13.0. The highest BCUT2D eigenvalue weighted by atomic mass is 35.5. The summed E-state index contributed by atoms with van der Waals surface area (Å²) in [4.78, 5) is 20.7. The number of aromatic nitrogens is 2. The standard InChI is InChI=1S/C19H25ClN6O2/c1-12-16-17(23-18(24(16)2)22-9-5-8-21)25(3)19(27)26(12)11-13-6-7-14(20)15(10-13)28-4/h6-7,10H,1,5,8-9,11,21H2,2-4H3,(H,22,23). The second kappa shape index (κ2) is 8.12. The zero-order valence-electron chi connectivity index (χ0n) is 16.3. The molecule has 0 saturated heterocycles. The summed E-state index contributed by atoms with van der Waals surface area (Å²) in [5.74, 6) is 1.82. The molecule has 0 unspecified atom stereocenters. The van der Waals surface area contributed by atoms with Gasteiger partial charge >= 0.3 is 6.03 Å². The SMILES string of the molecule is C=C1c2c(nc(NCCCN)n2C)N(C)C(=O)N1Cc1ccc(Cl)c(OC)c1. The van der Waals surface area contributed by atoms with Crippen LogP contribution in [0.4, 0.5) is 16.6 Å². The predicted molar refractivity (Wildman–Crippen MR) is 112 cm³/mol. The molecule has 0 fully saturated rings. The summed E-state index contributed by atoms with van der Waals surface area (Å²) in [6, 6.07) is 5.25. The Labute approximate surface area is 169 Å². The molecular formula is C19H25ClN6O2. The van der Waals surface area contributed by atoms with Crippen LogP contribution in [0.2, 0.25) is 5.02 Å². The molecule has 0 spiro atoms.